The smallest absolute Gasteiger partial charge is 0.229 e. The van der Waals surface area contributed by atoms with Crippen molar-refractivity contribution in [2.24, 2.45) is 0 Å². The summed E-state index contributed by atoms with van der Waals surface area (Å²) in [5.74, 6) is 1.03. The maximum atomic E-state index is 13.0. The molecule has 0 N–H and O–H groups in total. The minimum atomic E-state index is -0.172. The molecule has 0 aromatic heterocycles. The molecule has 0 unspecified atom stereocenters. The Bertz CT molecular complexity index is 992. The van der Waals surface area contributed by atoms with E-state index in [4.69, 9.17) is 11.6 Å². The molecule has 2 heterocycles. The third-order valence-electron chi connectivity index (χ3n) is 5.49. The Morgan fingerprint density at radius 2 is 1.83 bits per heavy atom. The Labute approximate surface area is 180 Å². The van der Waals surface area contributed by atoms with Crippen LogP contribution < -0.4 is 4.90 Å². The van der Waals surface area contributed by atoms with Gasteiger partial charge in [-0.2, -0.15) is 5.26 Å². The number of hydrogen-bond acceptors (Lipinski definition) is 4. The van der Waals surface area contributed by atoms with Gasteiger partial charge in [0.1, 0.15) is 0 Å². The monoisotopic (exact) mass is 423 g/mol. The molecule has 0 bridgehead atoms. The highest BCUT2D eigenvalue weighted by Gasteiger charge is 2.38. The van der Waals surface area contributed by atoms with Gasteiger partial charge in [0, 0.05) is 23.0 Å². The van der Waals surface area contributed by atoms with E-state index < -0.39 is 0 Å². The number of carbonyl (C=O) groups is 1. The Morgan fingerprint density at radius 1 is 1.14 bits per heavy atom. The van der Waals surface area contributed by atoms with Crippen LogP contribution in [-0.2, 0) is 4.79 Å². The molecule has 4 nitrogen and oxygen atoms in total. The molecule has 1 fully saturated rings. The molecule has 0 saturated carbocycles. The highest BCUT2D eigenvalue weighted by atomic mass is 35.5. The first kappa shape index (κ1) is 19.9. The van der Waals surface area contributed by atoms with Gasteiger partial charge in [-0.1, -0.05) is 61.5 Å². The van der Waals surface area contributed by atoms with Gasteiger partial charge < -0.3 is 4.90 Å². The summed E-state index contributed by atoms with van der Waals surface area (Å²) in [6, 6.07) is 18.3. The SMILES string of the molecule is CC(C)c1ccc([C@H]2CC(=O)N3CN(c4ccc(Cl)cc4)CSC3=C2C#N)cc1. The predicted octanol–water partition coefficient (Wildman–Crippen LogP) is 5.68. The second-order valence-corrected chi connectivity index (χ2v) is 9.03. The van der Waals surface area contributed by atoms with Crippen LogP contribution in [0.4, 0.5) is 5.69 Å². The van der Waals surface area contributed by atoms with Gasteiger partial charge in [-0.3, -0.25) is 9.69 Å². The van der Waals surface area contributed by atoms with Crippen LogP contribution in [0.1, 0.15) is 43.2 Å². The molecule has 2 aromatic rings. The van der Waals surface area contributed by atoms with Crippen LogP contribution in [0.15, 0.2) is 59.1 Å². The van der Waals surface area contributed by atoms with E-state index >= 15 is 0 Å². The number of nitriles is 1. The van der Waals surface area contributed by atoms with Gasteiger partial charge in [0.15, 0.2) is 0 Å². The number of halogens is 1. The molecule has 4 rings (SSSR count). The van der Waals surface area contributed by atoms with Crippen LogP contribution in [0.3, 0.4) is 0 Å². The summed E-state index contributed by atoms with van der Waals surface area (Å²) in [4.78, 5) is 16.9. The molecule has 2 aliphatic rings. The third-order valence-corrected chi connectivity index (χ3v) is 6.90. The maximum Gasteiger partial charge on any atom is 0.229 e. The van der Waals surface area contributed by atoms with E-state index in [1.807, 2.05) is 24.3 Å². The highest BCUT2D eigenvalue weighted by Crippen LogP contribution is 2.43. The molecule has 2 aliphatic heterocycles. The van der Waals surface area contributed by atoms with Crippen molar-refractivity contribution in [3.8, 4) is 6.07 Å². The molecule has 0 radical (unpaired) electrons. The fraction of sp³-hybridized carbons (Fsp3) is 0.304. The minimum absolute atomic E-state index is 0.0584. The normalized spacial score (nSPS) is 19.4. The summed E-state index contributed by atoms with van der Waals surface area (Å²) in [7, 11) is 0. The van der Waals surface area contributed by atoms with Gasteiger partial charge in [-0.15, -0.1) is 0 Å². The van der Waals surface area contributed by atoms with E-state index in [0.717, 1.165) is 16.3 Å². The second-order valence-electron chi connectivity index (χ2n) is 7.66. The first-order valence-electron chi connectivity index (χ1n) is 9.65. The van der Waals surface area contributed by atoms with Crippen molar-refractivity contribution in [3.05, 3.63) is 75.3 Å². The summed E-state index contributed by atoms with van der Waals surface area (Å²) < 4.78 is 0. The fourth-order valence-corrected chi connectivity index (χ4v) is 5.07. The number of amides is 1. The molecule has 6 heteroatoms. The van der Waals surface area contributed by atoms with Gasteiger partial charge in [0.05, 0.1) is 29.2 Å². The minimum Gasteiger partial charge on any atom is -0.344 e. The molecule has 2 aromatic carbocycles. The van der Waals surface area contributed by atoms with E-state index in [1.165, 1.54) is 5.56 Å². The summed E-state index contributed by atoms with van der Waals surface area (Å²) in [5.41, 5.74) is 4.00. The van der Waals surface area contributed by atoms with Crippen molar-refractivity contribution < 1.29 is 4.79 Å². The molecule has 1 saturated heterocycles. The molecule has 0 spiro atoms. The van der Waals surface area contributed by atoms with Crippen molar-refractivity contribution in [1.82, 2.24) is 4.90 Å². The number of anilines is 1. The molecular weight excluding hydrogens is 402 g/mol. The van der Waals surface area contributed by atoms with E-state index in [0.29, 0.717) is 35.5 Å². The van der Waals surface area contributed by atoms with Gasteiger partial charge in [-0.05, 0) is 41.3 Å². The summed E-state index contributed by atoms with van der Waals surface area (Å²) in [6.45, 7) is 4.77. The van der Waals surface area contributed by atoms with E-state index in [1.54, 1.807) is 16.7 Å². The number of benzene rings is 2. The molecule has 1 amide bonds. The van der Waals surface area contributed by atoms with Crippen molar-refractivity contribution >= 4 is 35.0 Å². The van der Waals surface area contributed by atoms with Gasteiger partial charge in [0.25, 0.3) is 0 Å². The van der Waals surface area contributed by atoms with E-state index in [-0.39, 0.29) is 11.8 Å². The number of allylic oxidation sites excluding steroid dienone is 1. The van der Waals surface area contributed by atoms with Crippen LogP contribution in [0.2, 0.25) is 5.02 Å². The molecule has 148 valence electrons. The zero-order chi connectivity index (χ0) is 20.5. The zero-order valence-corrected chi connectivity index (χ0v) is 18.0. The molecule has 0 aliphatic carbocycles. The van der Waals surface area contributed by atoms with Crippen LogP contribution in [0.5, 0.6) is 0 Å². The van der Waals surface area contributed by atoms with Crippen molar-refractivity contribution in [2.45, 2.75) is 32.1 Å². The zero-order valence-electron chi connectivity index (χ0n) is 16.4. The lowest BCUT2D eigenvalue weighted by molar-refractivity contribution is -0.129. The maximum absolute atomic E-state index is 13.0. The Balaban J connectivity index is 1.63. The van der Waals surface area contributed by atoms with Crippen LogP contribution in [0, 0.1) is 11.3 Å². The summed E-state index contributed by atoms with van der Waals surface area (Å²) in [5, 5.41) is 11.4. The fourth-order valence-electron chi connectivity index (χ4n) is 3.78. The van der Waals surface area contributed by atoms with Crippen LogP contribution in [-0.4, -0.2) is 23.4 Å². The number of rotatable bonds is 3. The van der Waals surface area contributed by atoms with Gasteiger partial charge >= 0.3 is 0 Å². The van der Waals surface area contributed by atoms with Crippen molar-refractivity contribution in [3.63, 3.8) is 0 Å². The lowest BCUT2D eigenvalue weighted by Gasteiger charge is -2.42. The van der Waals surface area contributed by atoms with Gasteiger partial charge in [0.2, 0.25) is 5.91 Å². The van der Waals surface area contributed by atoms with Crippen LogP contribution in [0.25, 0.3) is 0 Å². The standard InChI is InChI=1S/C23H22ClN3OS/c1-15(2)16-3-5-17(6-4-16)20-11-22(28)27-13-26(14-29-23(27)21(20)12-25)19-9-7-18(24)8-10-19/h3-10,15,20H,11,13-14H2,1-2H3/t20-/m1/s1. The topological polar surface area (TPSA) is 47.3 Å². The highest BCUT2D eigenvalue weighted by molar-refractivity contribution is 8.03. The molecular formula is C23H22ClN3OS. The van der Waals surface area contributed by atoms with Crippen molar-refractivity contribution in [2.75, 3.05) is 17.4 Å². The number of carbonyl (C=O) groups excluding carboxylic acids is 1. The number of fused-ring (bicyclic) bond motifs is 1. The van der Waals surface area contributed by atoms with Crippen LogP contribution >= 0.6 is 23.4 Å². The van der Waals surface area contributed by atoms with E-state index in [2.05, 4.69) is 49.1 Å². The number of nitrogens with zero attached hydrogens (tertiary/aromatic N) is 3. The van der Waals surface area contributed by atoms with E-state index in [9.17, 15) is 10.1 Å². The second kappa shape index (κ2) is 8.14. The molecule has 1 atom stereocenters. The number of hydrogen-bond donors (Lipinski definition) is 0. The number of thioether (sulfide) groups is 1. The Kier molecular flexibility index (Phi) is 5.58. The first-order valence-corrected chi connectivity index (χ1v) is 11.0. The summed E-state index contributed by atoms with van der Waals surface area (Å²) in [6.07, 6.45) is 0.322. The average molecular weight is 424 g/mol. The largest absolute Gasteiger partial charge is 0.344 e. The first-order chi connectivity index (χ1) is 14.0. The average Bonchev–Trinajstić information content (AvgIpc) is 2.74. The lowest BCUT2D eigenvalue weighted by Crippen LogP contribution is -2.47. The Morgan fingerprint density at radius 3 is 2.45 bits per heavy atom. The quantitative estimate of drug-likeness (QED) is 0.636. The van der Waals surface area contributed by atoms with Crippen molar-refractivity contribution in [1.29, 1.82) is 5.26 Å². The Hall–Kier alpha value is -2.42. The predicted molar refractivity (Wildman–Crippen MR) is 119 cm³/mol. The third kappa shape index (κ3) is 3.88. The molecule has 29 heavy (non-hydrogen) atoms. The van der Waals surface area contributed by atoms with Gasteiger partial charge in [-0.25, -0.2) is 0 Å². The summed E-state index contributed by atoms with van der Waals surface area (Å²) >= 11 is 7.54. The lowest BCUT2D eigenvalue weighted by atomic mass is 9.85.